The highest BCUT2D eigenvalue weighted by Crippen LogP contribution is 2.38. The van der Waals surface area contributed by atoms with E-state index < -0.39 is 9.84 Å². The van der Waals surface area contributed by atoms with Crippen LogP contribution in [0.15, 0.2) is 34.1 Å². The summed E-state index contributed by atoms with van der Waals surface area (Å²) in [4.78, 5) is 1.55. The van der Waals surface area contributed by atoms with Gasteiger partial charge in [0.05, 0.1) is 4.90 Å². The Kier molecular flexibility index (Phi) is 4.58. The summed E-state index contributed by atoms with van der Waals surface area (Å²) in [6.45, 7) is 2.29. The lowest BCUT2D eigenvalue weighted by Gasteiger charge is -2.19. The highest BCUT2D eigenvalue weighted by atomic mass is 32.2. The Bertz CT molecular complexity index is 525. The average Bonchev–Trinajstić information content (AvgIpc) is 2.70. The summed E-state index contributed by atoms with van der Waals surface area (Å²) in [7, 11) is -1.07. The molecule has 0 aromatic heterocycles. The Labute approximate surface area is 120 Å². The molecule has 1 aliphatic carbocycles. The van der Waals surface area contributed by atoms with Crippen molar-refractivity contribution in [3.05, 3.63) is 24.3 Å². The van der Waals surface area contributed by atoms with E-state index in [1.165, 1.54) is 19.1 Å². The van der Waals surface area contributed by atoms with Crippen LogP contribution >= 0.6 is 11.8 Å². The second-order valence-electron chi connectivity index (χ2n) is 5.23. The van der Waals surface area contributed by atoms with Gasteiger partial charge >= 0.3 is 0 Å². The Morgan fingerprint density at radius 2 is 1.84 bits per heavy atom. The third-order valence-corrected chi connectivity index (χ3v) is 6.53. The van der Waals surface area contributed by atoms with Crippen LogP contribution in [0.2, 0.25) is 0 Å². The van der Waals surface area contributed by atoms with E-state index >= 15 is 0 Å². The van der Waals surface area contributed by atoms with E-state index in [1.807, 2.05) is 30.9 Å². The summed E-state index contributed by atoms with van der Waals surface area (Å²) >= 11 is 1.86. The van der Waals surface area contributed by atoms with Gasteiger partial charge in [-0.15, -0.1) is 11.8 Å². The summed E-state index contributed by atoms with van der Waals surface area (Å²) in [5.74, 6) is 0.643. The van der Waals surface area contributed by atoms with E-state index in [4.69, 9.17) is 0 Å². The molecule has 0 amide bonds. The molecule has 0 saturated heterocycles. The molecule has 5 heteroatoms. The van der Waals surface area contributed by atoms with Crippen molar-refractivity contribution in [1.82, 2.24) is 5.32 Å². The van der Waals surface area contributed by atoms with Crippen LogP contribution < -0.4 is 5.32 Å². The molecule has 3 atom stereocenters. The van der Waals surface area contributed by atoms with Crippen LogP contribution in [0.4, 0.5) is 0 Å². The number of rotatable bonds is 4. The Morgan fingerprint density at radius 1 is 1.21 bits per heavy atom. The molecular weight excluding hydrogens is 278 g/mol. The molecule has 0 heterocycles. The first-order valence-corrected chi connectivity index (χ1v) is 9.33. The second-order valence-corrected chi connectivity index (χ2v) is 8.56. The predicted molar refractivity (Wildman–Crippen MR) is 80.4 cm³/mol. The Hall–Kier alpha value is -0.520. The largest absolute Gasteiger partial charge is 0.317 e. The second kappa shape index (κ2) is 5.85. The zero-order valence-electron chi connectivity index (χ0n) is 11.6. The van der Waals surface area contributed by atoms with Gasteiger partial charge in [0, 0.05) is 22.4 Å². The van der Waals surface area contributed by atoms with Crippen molar-refractivity contribution in [3.8, 4) is 0 Å². The van der Waals surface area contributed by atoms with E-state index in [9.17, 15) is 8.42 Å². The van der Waals surface area contributed by atoms with Gasteiger partial charge in [0.25, 0.3) is 0 Å². The normalized spacial score (nSPS) is 27.6. The molecule has 1 N–H and O–H groups in total. The van der Waals surface area contributed by atoms with Crippen molar-refractivity contribution in [3.63, 3.8) is 0 Å². The van der Waals surface area contributed by atoms with Crippen molar-refractivity contribution < 1.29 is 8.42 Å². The van der Waals surface area contributed by atoms with Crippen molar-refractivity contribution >= 4 is 21.6 Å². The van der Waals surface area contributed by atoms with Gasteiger partial charge in [0.2, 0.25) is 0 Å². The van der Waals surface area contributed by atoms with E-state index in [2.05, 4.69) is 12.2 Å². The van der Waals surface area contributed by atoms with Crippen molar-refractivity contribution in [1.29, 1.82) is 0 Å². The molecule has 0 aliphatic heterocycles. The van der Waals surface area contributed by atoms with Gasteiger partial charge in [-0.25, -0.2) is 8.42 Å². The first-order chi connectivity index (χ1) is 8.91. The molecule has 1 saturated carbocycles. The minimum absolute atomic E-state index is 0.393. The summed E-state index contributed by atoms with van der Waals surface area (Å²) in [5.41, 5.74) is 0. The minimum Gasteiger partial charge on any atom is -0.317 e. The molecule has 0 spiro atoms. The van der Waals surface area contributed by atoms with Gasteiger partial charge in [-0.05, 0) is 50.1 Å². The van der Waals surface area contributed by atoms with Crippen molar-refractivity contribution in [2.75, 3.05) is 13.3 Å². The lowest BCUT2D eigenvalue weighted by molar-refractivity contribution is 0.464. The quantitative estimate of drug-likeness (QED) is 0.928. The maximum Gasteiger partial charge on any atom is 0.175 e. The van der Waals surface area contributed by atoms with Crippen LogP contribution in [0.25, 0.3) is 0 Å². The van der Waals surface area contributed by atoms with Gasteiger partial charge in [0.15, 0.2) is 9.84 Å². The number of hydrogen-bond donors (Lipinski definition) is 1. The van der Waals surface area contributed by atoms with E-state index in [0.717, 1.165) is 4.90 Å². The monoisotopic (exact) mass is 299 g/mol. The maximum atomic E-state index is 11.4. The zero-order valence-corrected chi connectivity index (χ0v) is 13.2. The smallest absolute Gasteiger partial charge is 0.175 e. The van der Waals surface area contributed by atoms with E-state index in [1.54, 1.807) is 12.1 Å². The lowest BCUT2D eigenvalue weighted by atomic mass is 10.1. The van der Waals surface area contributed by atoms with Crippen LogP contribution in [0, 0.1) is 5.92 Å². The Morgan fingerprint density at radius 3 is 2.32 bits per heavy atom. The highest BCUT2D eigenvalue weighted by molar-refractivity contribution is 8.00. The third kappa shape index (κ3) is 3.52. The van der Waals surface area contributed by atoms with Gasteiger partial charge in [0.1, 0.15) is 0 Å². The molecule has 19 heavy (non-hydrogen) atoms. The lowest BCUT2D eigenvalue weighted by Crippen LogP contribution is -2.29. The molecular formula is C14H21NO2S2. The summed E-state index contributed by atoms with van der Waals surface area (Å²) < 4.78 is 22.8. The fourth-order valence-corrected chi connectivity index (χ4v) is 4.57. The predicted octanol–water partition coefficient (Wildman–Crippen LogP) is 2.57. The molecule has 1 aromatic rings. The fourth-order valence-electron chi connectivity index (χ4n) is 2.64. The van der Waals surface area contributed by atoms with Crippen LogP contribution in [-0.4, -0.2) is 33.0 Å². The third-order valence-electron chi connectivity index (χ3n) is 3.89. The molecule has 1 fully saturated rings. The molecule has 3 unspecified atom stereocenters. The SMILES string of the molecule is CNC1CCC(Sc2ccc(S(C)(=O)=O)cc2)C1C. The van der Waals surface area contributed by atoms with E-state index in [0.29, 0.717) is 22.1 Å². The van der Waals surface area contributed by atoms with Gasteiger partial charge in [-0.3, -0.25) is 0 Å². The molecule has 1 aliphatic rings. The summed E-state index contributed by atoms with van der Waals surface area (Å²) in [5, 5.41) is 3.98. The van der Waals surface area contributed by atoms with Gasteiger partial charge in [-0.1, -0.05) is 6.92 Å². The first-order valence-electron chi connectivity index (χ1n) is 6.56. The number of nitrogens with one attached hydrogen (secondary N) is 1. The number of sulfone groups is 1. The number of thioether (sulfide) groups is 1. The molecule has 2 rings (SSSR count). The fraction of sp³-hybridized carbons (Fsp3) is 0.571. The van der Waals surface area contributed by atoms with Crippen molar-refractivity contribution in [2.24, 2.45) is 5.92 Å². The number of hydrogen-bond acceptors (Lipinski definition) is 4. The Balaban J connectivity index is 2.05. The summed E-state index contributed by atoms with van der Waals surface area (Å²) in [6.07, 6.45) is 3.67. The van der Waals surface area contributed by atoms with Crippen LogP contribution in [0.5, 0.6) is 0 Å². The number of benzene rings is 1. The summed E-state index contributed by atoms with van der Waals surface area (Å²) in [6, 6.07) is 7.84. The van der Waals surface area contributed by atoms with Crippen LogP contribution in [0.3, 0.4) is 0 Å². The molecule has 0 bridgehead atoms. The first kappa shape index (κ1) is 14.9. The van der Waals surface area contributed by atoms with Crippen molar-refractivity contribution in [2.45, 2.75) is 40.8 Å². The topological polar surface area (TPSA) is 46.2 Å². The average molecular weight is 299 g/mol. The molecule has 3 nitrogen and oxygen atoms in total. The van der Waals surface area contributed by atoms with Crippen LogP contribution in [-0.2, 0) is 9.84 Å². The van der Waals surface area contributed by atoms with E-state index in [-0.39, 0.29) is 0 Å². The van der Waals surface area contributed by atoms with Gasteiger partial charge in [-0.2, -0.15) is 0 Å². The maximum absolute atomic E-state index is 11.4. The van der Waals surface area contributed by atoms with Crippen LogP contribution in [0.1, 0.15) is 19.8 Å². The highest BCUT2D eigenvalue weighted by Gasteiger charge is 2.32. The molecule has 106 valence electrons. The standard InChI is InChI=1S/C14H21NO2S2/c1-10-13(15-2)8-9-14(10)18-11-4-6-12(7-5-11)19(3,16)17/h4-7,10,13-15H,8-9H2,1-3H3. The molecule has 0 radical (unpaired) electrons. The van der Waals surface area contributed by atoms with Gasteiger partial charge < -0.3 is 5.32 Å². The zero-order chi connectivity index (χ0) is 14.0. The molecule has 1 aromatic carbocycles. The minimum atomic E-state index is -3.09.